The number of alkyl halides is 3. The van der Waals surface area contributed by atoms with Gasteiger partial charge in [-0.3, -0.25) is 19.7 Å². The van der Waals surface area contributed by atoms with Crippen LogP contribution in [0, 0.1) is 18.8 Å². The normalized spacial score (nSPS) is 19.3. The molecule has 2 aromatic carbocycles. The lowest BCUT2D eigenvalue weighted by Gasteiger charge is -2.29. The number of hydrogen-bond donors (Lipinski definition) is 1. The van der Waals surface area contributed by atoms with Gasteiger partial charge in [0.25, 0.3) is 0 Å². The number of piperidine rings is 1. The molecule has 0 radical (unpaired) electrons. The molecule has 6 nitrogen and oxygen atoms in total. The summed E-state index contributed by atoms with van der Waals surface area (Å²) in [7, 11) is 0. The molecule has 1 aliphatic carbocycles. The number of unbranched alkanes of at least 4 members (excludes halogenated alkanes) is 2. The molecule has 2 atom stereocenters. The highest BCUT2D eigenvalue weighted by atomic mass is 19.4. The first-order valence-corrected chi connectivity index (χ1v) is 14.2. The second kappa shape index (κ2) is 12.0. The van der Waals surface area contributed by atoms with Gasteiger partial charge in [-0.1, -0.05) is 29.8 Å². The van der Waals surface area contributed by atoms with E-state index in [1.165, 1.54) is 0 Å². The van der Waals surface area contributed by atoms with E-state index in [9.17, 15) is 27.6 Å². The van der Waals surface area contributed by atoms with Crippen LogP contribution in [0.2, 0.25) is 0 Å². The van der Waals surface area contributed by atoms with Gasteiger partial charge in [0.05, 0.1) is 12.1 Å². The molecule has 3 aromatic rings. The number of ether oxygens (including phenoxy) is 1. The molecule has 1 saturated heterocycles. The summed E-state index contributed by atoms with van der Waals surface area (Å²) in [5, 5.41) is 2.95. The number of amides is 2. The topological polar surface area (TPSA) is 85.4 Å². The van der Waals surface area contributed by atoms with Crippen molar-refractivity contribution in [3.05, 3.63) is 70.4 Å². The van der Waals surface area contributed by atoms with Crippen LogP contribution in [0.15, 0.2) is 42.5 Å². The standard InChI is InChI=1S/C32H33F3N2O4/c1-19-9-13-26-25(16-19)27(18-28(36-26)32(33,34)35)41-15-4-2-3-6-20-7-5-8-24-23(20)12-10-21(30(24)39)17-22-11-14-29(38)37-31(22)40/h5,7-9,13,16,18,21-22H,2-4,6,10-12,14-15,17H2,1H3,(H,37,38,40). The van der Waals surface area contributed by atoms with Crippen LogP contribution in [0.5, 0.6) is 5.75 Å². The number of hydrogen-bond acceptors (Lipinski definition) is 5. The van der Waals surface area contributed by atoms with Crippen LogP contribution in [0.4, 0.5) is 13.2 Å². The number of imide groups is 1. The van der Waals surface area contributed by atoms with Gasteiger partial charge in [0.15, 0.2) is 5.78 Å². The third-order valence-electron chi connectivity index (χ3n) is 8.14. The number of halogens is 3. The first-order valence-electron chi connectivity index (χ1n) is 14.2. The van der Waals surface area contributed by atoms with Gasteiger partial charge in [-0.15, -0.1) is 0 Å². The molecule has 1 aromatic heterocycles. The fraction of sp³-hybridized carbons (Fsp3) is 0.438. The molecule has 0 bridgehead atoms. The quantitative estimate of drug-likeness (QED) is 0.235. The van der Waals surface area contributed by atoms with Gasteiger partial charge in [0, 0.05) is 35.3 Å². The third kappa shape index (κ3) is 6.60. The van der Waals surface area contributed by atoms with Crippen molar-refractivity contribution in [1.29, 1.82) is 0 Å². The van der Waals surface area contributed by atoms with Gasteiger partial charge in [-0.2, -0.15) is 13.2 Å². The first-order chi connectivity index (χ1) is 19.6. The third-order valence-corrected chi connectivity index (χ3v) is 8.14. The maximum atomic E-state index is 13.4. The molecule has 1 fully saturated rings. The number of Topliss-reactive ketones (excluding diaryl/α,β-unsaturated/α-hetero) is 1. The Morgan fingerprint density at radius 1 is 0.976 bits per heavy atom. The number of pyridine rings is 1. The lowest BCUT2D eigenvalue weighted by Crippen LogP contribution is -2.42. The van der Waals surface area contributed by atoms with E-state index in [1.807, 2.05) is 25.1 Å². The monoisotopic (exact) mass is 566 g/mol. The number of nitrogens with one attached hydrogen (secondary N) is 1. The largest absolute Gasteiger partial charge is 0.493 e. The number of rotatable bonds is 9. The molecule has 216 valence electrons. The Balaban J connectivity index is 1.15. The predicted octanol–water partition coefficient (Wildman–Crippen LogP) is 6.54. The lowest BCUT2D eigenvalue weighted by molar-refractivity contribution is -0.141. The molecular weight excluding hydrogens is 533 g/mol. The number of nitrogens with zero attached hydrogens (tertiary/aromatic N) is 1. The van der Waals surface area contributed by atoms with Crippen molar-refractivity contribution in [3.63, 3.8) is 0 Å². The Hall–Kier alpha value is -3.75. The number of carbonyl (C=O) groups excluding carboxylic acids is 3. The second-order valence-corrected chi connectivity index (χ2v) is 11.1. The number of ketones is 1. The van der Waals surface area contributed by atoms with Crippen molar-refractivity contribution in [1.82, 2.24) is 10.3 Å². The van der Waals surface area contributed by atoms with Crippen molar-refractivity contribution in [2.45, 2.75) is 70.9 Å². The van der Waals surface area contributed by atoms with Crippen LogP contribution in [-0.4, -0.2) is 29.2 Å². The van der Waals surface area contributed by atoms with E-state index in [0.29, 0.717) is 37.5 Å². The molecule has 41 heavy (non-hydrogen) atoms. The van der Waals surface area contributed by atoms with Gasteiger partial charge in [-0.05, 0) is 81.5 Å². The van der Waals surface area contributed by atoms with E-state index in [-0.39, 0.29) is 47.3 Å². The Morgan fingerprint density at radius 3 is 2.56 bits per heavy atom. The summed E-state index contributed by atoms with van der Waals surface area (Å²) >= 11 is 0. The predicted molar refractivity (Wildman–Crippen MR) is 148 cm³/mol. The van der Waals surface area contributed by atoms with Gasteiger partial charge in [-0.25, -0.2) is 4.98 Å². The van der Waals surface area contributed by atoms with Crippen LogP contribution in [0.3, 0.4) is 0 Å². The fourth-order valence-corrected chi connectivity index (χ4v) is 5.95. The number of aromatic nitrogens is 1. The van der Waals surface area contributed by atoms with E-state index in [0.717, 1.165) is 54.0 Å². The molecule has 1 N–H and O–H groups in total. The SMILES string of the molecule is Cc1ccc2nc(C(F)(F)F)cc(OCCCCCc3cccc4c3CCC(CC3CCC(=O)NC3=O)C4=O)c2c1. The summed E-state index contributed by atoms with van der Waals surface area (Å²) in [6.07, 6.45) is 1.34. The first kappa shape index (κ1) is 28.8. The van der Waals surface area contributed by atoms with Crippen molar-refractivity contribution in [2.75, 3.05) is 6.61 Å². The number of carbonyl (C=O) groups is 3. The molecule has 2 amide bonds. The molecule has 0 spiro atoms. The summed E-state index contributed by atoms with van der Waals surface area (Å²) in [5.74, 6) is -0.782. The van der Waals surface area contributed by atoms with E-state index in [1.54, 1.807) is 18.2 Å². The van der Waals surface area contributed by atoms with Crippen LogP contribution < -0.4 is 10.1 Å². The summed E-state index contributed by atoms with van der Waals surface area (Å²) in [4.78, 5) is 40.7. The Labute approximate surface area is 236 Å². The summed E-state index contributed by atoms with van der Waals surface area (Å²) < 4.78 is 45.9. The van der Waals surface area contributed by atoms with Crippen molar-refractivity contribution >= 4 is 28.5 Å². The zero-order valence-corrected chi connectivity index (χ0v) is 23.0. The zero-order chi connectivity index (χ0) is 29.1. The molecule has 2 aliphatic rings. The van der Waals surface area contributed by atoms with E-state index >= 15 is 0 Å². The second-order valence-electron chi connectivity index (χ2n) is 11.1. The van der Waals surface area contributed by atoms with Gasteiger partial charge in [0.1, 0.15) is 11.4 Å². The Kier molecular flexibility index (Phi) is 8.42. The summed E-state index contributed by atoms with van der Waals surface area (Å²) in [5.41, 5.74) is 3.15. The number of benzene rings is 2. The number of aryl methyl sites for hydroxylation is 2. The van der Waals surface area contributed by atoms with Gasteiger partial charge >= 0.3 is 6.18 Å². The van der Waals surface area contributed by atoms with E-state index in [2.05, 4.69) is 10.3 Å². The van der Waals surface area contributed by atoms with Crippen LogP contribution in [-0.2, 0) is 28.6 Å². The van der Waals surface area contributed by atoms with Gasteiger partial charge in [0.2, 0.25) is 11.8 Å². The van der Waals surface area contributed by atoms with Crippen LogP contribution in [0.1, 0.15) is 77.7 Å². The maximum absolute atomic E-state index is 13.4. The van der Waals surface area contributed by atoms with E-state index in [4.69, 9.17) is 4.74 Å². The average molecular weight is 567 g/mol. The maximum Gasteiger partial charge on any atom is 0.433 e. The molecule has 0 saturated carbocycles. The van der Waals surface area contributed by atoms with Crippen molar-refractivity contribution < 1.29 is 32.3 Å². The minimum Gasteiger partial charge on any atom is -0.493 e. The summed E-state index contributed by atoms with van der Waals surface area (Å²) in [6.45, 7) is 2.16. The zero-order valence-electron chi connectivity index (χ0n) is 23.0. The van der Waals surface area contributed by atoms with Crippen molar-refractivity contribution in [2.24, 2.45) is 11.8 Å². The minimum atomic E-state index is -4.56. The minimum absolute atomic E-state index is 0.0734. The lowest BCUT2D eigenvalue weighted by atomic mass is 9.75. The molecule has 2 unspecified atom stereocenters. The molecule has 9 heteroatoms. The number of fused-ring (bicyclic) bond motifs is 2. The highest BCUT2D eigenvalue weighted by molar-refractivity contribution is 6.02. The summed E-state index contributed by atoms with van der Waals surface area (Å²) in [6, 6.07) is 11.9. The van der Waals surface area contributed by atoms with Gasteiger partial charge < -0.3 is 4.74 Å². The molecule has 2 heterocycles. The average Bonchev–Trinajstić information content (AvgIpc) is 2.93. The van der Waals surface area contributed by atoms with E-state index < -0.39 is 11.9 Å². The van der Waals surface area contributed by atoms with Crippen LogP contribution in [0.25, 0.3) is 10.9 Å². The fourth-order valence-electron chi connectivity index (χ4n) is 5.95. The highest BCUT2D eigenvalue weighted by Crippen LogP contribution is 2.36. The van der Waals surface area contributed by atoms with Crippen LogP contribution >= 0.6 is 0 Å². The van der Waals surface area contributed by atoms with Crippen molar-refractivity contribution in [3.8, 4) is 5.75 Å². The highest BCUT2D eigenvalue weighted by Gasteiger charge is 2.35. The smallest absolute Gasteiger partial charge is 0.433 e. The molecule has 5 rings (SSSR count). The Bertz CT molecular complexity index is 1480. The molecule has 1 aliphatic heterocycles. The molecular formula is C32H33F3N2O4. The Morgan fingerprint density at radius 2 is 1.78 bits per heavy atom.